The molecule has 0 aromatic heterocycles. The molecule has 1 aromatic rings. The first kappa shape index (κ1) is 21.2. The lowest BCUT2D eigenvalue weighted by atomic mass is 10.1. The number of halogens is 1. The van der Waals surface area contributed by atoms with Gasteiger partial charge in [-0.2, -0.15) is 0 Å². The van der Waals surface area contributed by atoms with Gasteiger partial charge in [-0.1, -0.05) is 30.3 Å². The van der Waals surface area contributed by atoms with Gasteiger partial charge in [-0.3, -0.25) is 4.99 Å². The SMILES string of the molecule is CN=C(NCCCc1ccccc1)NCCN(C)C(C)C.I. The zero-order chi connectivity index (χ0) is 15.5. The minimum absolute atomic E-state index is 0. The van der Waals surface area contributed by atoms with Crippen LogP contribution < -0.4 is 10.6 Å². The molecule has 0 spiro atoms. The topological polar surface area (TPSA) is 39.7 Å². The quantitative estimate of drug-likeness (QED) is 0.295. The molecule has 4 nitrogen and oxygen atoms in total. The molecule has 0 saturated carbocycles. The van der Waals surface area contributed by atoms with E-state index in [1.165, 1.54) is 5.56 Å². The molecule has 0 aliphatic rings. The van der Waals surface area contributed by atoms with Gasteiger partial charge >= 0.3 is 0 Å². The molecular formula is C17H31IN4. The summed E-state index contributed by atoms with van der Waals surface area (Å²) in [5.74, 6) is 0.889. The second-order valence-electron chi connectivity index (χ2n) is 5.59. The molecular weight excluding hydrogens is 387 g/mol. The third-order valence-electron chi connectivity index (χ3n) is 3.64. The zero-order valence-corrected chi connectivity index (χ0v) is 16.6. The van der Waals surface area contributed by atoms with Gasteiger partial charge in [-0.25, -0.2) is 0 Å². The third kappa shape index (κ3) is 9.25. The number of aryl methyl sites for hydroxylation is 1. The summed E-state index contributed by atoms with van der Waals surface area (Å²) in [4.78, 5) is 6.57. The van der Waals surface area contributed by atoms with Crippen molar-refractivity contribution in [1.29, 1.82) is 0 Å². The Hall–Kier alpha value is -0.820. The Morgan fingerprint density at radius 1 is 1.14 bits per heavy atom. The maximum absolute atomic E-state index is 4.25. The standard InChI is InChI=1S/C17H30N4.HI/c1-15(2)21(4)14-13-20-17(18-3)19-12-8-11-16-9-6-5-7-10-16;/h5-7,9-10,15H,8,11-14H2,1-4H3,(H2,18,19,20);1H. The Balaban J connectivity index is 0.00000441. The van der Waals surface area contributed by atoms with E-state index in [1.54, 1.807) is 0 Å². The van der Waals surface area contributed by atoms with Crippen molar-refractivity contribution in [3.05, 3.63) is 35.9 Å². The normalized spacial score (nSPS) is 11.5. The van der Waals surface area contributed by atoms with E-state index < -0.39 is 0 Å². The number of likely N-dealkylation sites (N-methyl/N-ethyl adjacent to an activating group) is 1. The largest absolute Gasteiger partial charge is 0.356 e. The lowest BCUT2D eigenvalue weighted by Gasteiger charge is -2.21. The highest BCUT2D eigenvalue weighted by atomic mass is 127. The number of aliphatic imine (C=N–C) groups is 1. The molecule has 0 unspecified atom stereocenters. The highest BCUT2D eigenvalue weighted by Gasteiger charge is 2.03. The molecule has 0 bridgehead atoms. The van der Waals surface area contributed by atoms with Crippen LogP contribution in [0.1, 0.15) is 25.8 Å². The molecule has 0 amide bonds. The van der Waals surface area contributed by atoms with Crippen molar-refractivity contribution in [2.45, 2.75) is 32.7 Å². The van der Waals surface area contributed by atoms with Crippen LogP contribution >= 0.6 is 24.0 Å². The van der Waals surface area contributed by atoms with E-state index in [2.05, 4.69) is 71.8 Å². The van der Waals surface area contributed by atoms with E-state index in [4.69, 9.17) is 0 Å². The minimum Gasteiger partial charge on any atom is -0.356 e. The van der Waals surface area contributed by atoms with Gasteiger partial charge in [0.05, 0.1) is 0 Å². The number of nitrogens with zero attached hydrogens (tertiary/aromatic N) is 2. The number of guanidine groups is 1. The zero-order valence-electron chi connectivity index (χ0n) is 14.3. The first-order valence-electron chi connectivity index (χ1n) is 7.82. The van der Waals surface area contributed by atoms with Gasteiger partial charge in [0.2, 0.25) is 0 Å². The molecule has 0 atom stereocenters. The molecule has 0 saturated heterocycles. The fraction of sp³-hybridized carbons (Fsp3) is 0.588. The number of hydrogen-bond donors (Lipinski definition) is 2. The van der Waals surface area contributed by atoms with Crippen LogP contribution in [0.15, 0.2) is 35.3 Å². The van der Waals surface area contributed by atoms with E-state index in [-0.39, 0.29) is 24.0 Å². The molecule has 22 heavy (non-hydrogen) atoms. The fourth-order valence-corrected chi connectivity index (χ4v) is 1.97. The highest BCUT2D eigenvalue weighted by molar-refractivity contribution is 14.0. The van der Waals surface area contributed by atoms with Crippen molar-refractivity contribution >= 4 is 29.9 Å². The lowest BCUT2D eigenvalue weighted by Crippen LogP contribution is -2.42. The van der Waals surface area contributed by atoms with Gasteiger partial charge in [0.1, 0.15) is 0 Å². The molecule has 0 aliphatic carbocycles. The van der Waals surface area contributed by atoms with Crippen LogP contribution in [-0.2, 0) is 6.42 Å². The van der Waals surface area contributed by atoms with Crippen LogP contribution in [0.5, 0.6) is 0 Å². The average Bonchev–Trinajstić information content (AvgIpc) is 2.50. The predicted octanol–water partition coefficient (Wildman–Crippen LogP) is 2.74. The average molecular weight is 418 g/mol. The number of nitrogens with one attached hydrogen (secondary N) is 2. The first-order valence-corrected chi connectivity index (χ1v) is 7.82. The fourth-order valence-electron chi connectivity index (χ4n) is 1.97. The molecule has 0 fully saturated rings. The number of benzene rings is 1. The minimum atomic E-state index is 0. The lowest BCUT2D eigenvalue weighted by molar-refractivity contribution is 0.278. The Bertz CT molecular complexity index is 406. The van der Waals surface area contributed by atoms with Crippen LogP contribution in [0.3, 0.4) is 0 Å². The summed E-state index contributed by atoms with van der Waals surface area (Å²) in [6.45, 7) is 7.28. The van der Waals surface area contributed by atoms with E-state index >= 15 is 0 Å². The Morgan fingerprint density at radius 2 is 1.77 bits per heavy atom. The van der Waals surface area contributed by atoms with Crippen LogP contribution in [0, 0.1) is 0 Å². The molecule has 0 radical (unpaired) electrons. The van der Waals surface area contributed by atoms with Gasteiger partial charge in [-0.05, 0) is 39.3 Å². The van der Waals surface area contributed by atoms with Gasteiger partial charge in [0, 0.05) is 32.7 Å². The summed E-state index contributed by atoms with van der Waals surface area (Å²) in [7, 11) is 3.96. The second kappa shape index (κ2) is 12.7. The molecule has 1 rings (SSSR count). The summed E-state index contributed by atoms with van der Waals surface area (Å²) >= 11 is 0. The Morgan fingerprint density at radius 3 is 2.36 bits per heavy atom. The van der Waals surface area contributed by atoms with Gasteiger partial charge in [-0.15, -0.1) is 24.0 Å². The van der Waals surface area contributed by atoms with Gasteiger partial charge in [0.25, 0.3) is 0 Å². The summed E-state index contributed by atoms with van der Waals surface area (Å²) in [5, 5.41) is 6.71. The summed E-state index contributed by atoms with van der Waals surface area (Å²) in [5.41, 5.74) is 1.39. The third-order valence-corrected chi connectivity index (χ3v) is 3.64. The van der Waals surface area contributed by atoms with E-state index in [1.807, 2.05) is 7.05 Å². The summed E-state index contributed by atoms with van der Waals surface area (Å²) in [6, 6.07) is 11.2. The van der Waals surface area contributed by atoms with Crippen molar-refractivity contribution in [2.24, 2.45) is 4.99 Å². The van der Waals surface area contributed by atoms with E-state index in [0.717, 1.165) is 38.4 Å². The van der Waals surface area contributed by atoms with Gasteiger partial charge < -0.3 is 15.5 Å². The Kier molecular flexibility index (Phi) is 12.2. The van der Waals surface area contributed by atoms with Crippen LogP contribution in [0.4, 0.5) is 0 Å². The van der Waals surface area contributed by atoms with Crippen molar-refractivity contribution in [1.82, 2.24) is 15.5 Å². The van der Waals surface area contributed by atoms with Crippen LogP contribution in [-0.4, -0.2) is 50.6 Å². The molecule has 126 valence electrons. The molecule has 5 heteroatoms. The number of rotatable bonds is 8. The van der Waals surface area contributed by atoms with E-state index in [0.29, 0.717) is 6.04 Å². The molecule has 0 heterocycles. The summed E-state index contributed by atoms with van der Waals surface area (Å²) < 4.78 is 0. The van der Waals surface area contributed by atoms with Crippen LogP contribution in [0.25, 0.3) is 0 Å². The highest BCUT2D eigenvalue weighted by Crippen LogP contribution is 2.01. The van der Waals surface area contributed by atoms with Crippen molar-refractivity contribution in [3.8, 4) is 0 Å². The monoisotopic (exact) mass is 418 g/mol. The van der Waals surface area contributed by atoms with Crippen molar-refractivity contribution in [2.75, 3.05) is 33.7 Å². The van der Waals surface area contributed by atoms with Gasteiger partial charge in [0.15, 0.2) is 5.96 Å². The molecule has 1 aromatic carbocycles. The maximum Gasteiger partial charge on any atom is 0.191 e. The van der Waals surface area contributed by atoms with Crippen LogP contribution in [0.2, 0.25) is 0 Å². The Labute approximate surface area is 152 Å². The smallest absolute Gasteiger partial charge is 0.191 e. The predicted molar refractivity (Wildman–Crippen MR) is 107 cm³/mol. The molecule has 2 N–H and O–H groups in total. The summed E-state index contributed by atoms with van der Waals surface area (Å²) in [6.07, 6.45) is 2.21. The van der Waals surface area contributed by atoms with Crippen molar-refractivity contribution < 1.29 is 0 Å². The maximum atomic E-state index is 4.25. The first-order chi connectivity index (χ1) is 10.1. The second-order valence-corrected chi connectivity index (χ2v) is 5.59. The molecule has 0 aliphatic heterocycles. The van der Waals surface area contributed by atoms with E-state index in [9.17, 15) is 0 Å². The van der Waals surface area contributed by atoms with Crippen molar-refractivity contribution in [3.63, 3.8) is 0 Å². The number of hydrogen-bond acceptors (Lipinski definition) is 2.